The van der Waals surface area contributed by atoms with E-state index < -0.39 is 17.8 Å². The van der Waals surface area contributed by atoms with Crippen molar-refractivity contribution >= 4 is 11.6 Å². The first kappa shape index (κ1) is 15.6. The lowest BCUT2D eigenvalue weighted by Gasteiger charge is -2.14. The minimum absolute atomic E-state index is 0.127. The fourth-order valence-corrected chi connectivity index (χ4v) is 2.91. The zero-order valence-corrected chi connectivity index (χ0v) is 12.5. The second-order valence-corrected chi connectivity index (χ2v) is 5.62. The molecule has 1 aliphatic carbocycles. The number of hydrogen-bond donors (Lipinski definition) is 1. The first-order chi connectivity index (χ1) is 10.9. The van der Waals surface area contributed by atoms with E-state index in [9.17, 15) is 18.0 Å². The van der Waals surface area contributed by atoms with Crippen LogP contribution in [0.15, 0.2) is 18.5 Å². The third kappa shape index (κ3) is 3.08. The quantitative estimate of drug-likeness (QED) is 0.942. The second kappa shape index (κ2) is 5.71. The average molecular weight is 327 g/mol. The van der Waals surface area contributed by atoms with Crippen LogP contribution in [0.3, 0.4) is 0 Å². The van der Waals surface area contributed by atoms with Gasteiger partial charge >= 0.3 is 6.18 Å². The van der Waals surface area contributed by atoms with Crippen molar-refractivity contribution in [1.29, 1.82) is 0 Å². The fraction of sp³-hybridized carbons (Fsp3) is 0.500. The monoisotopic (exact) mass is 327 g/mol. The van der Waals surface area contributed by atoms with E-state index in [4.69, 9.17) is 0 Å². The van der Waals surface area contributed by atoms with E-state index in [-0.39, 0.29) is 17.4 Å². The van der Waals surface area contributed by atoms with Crippen LogP contribution in [0.25, 0.3) is 0 Å². The van der Waals surface area contributed by atoms with Gasteiger partial charge in [-0.1, -0.05) is 12.8 Å². The molecule has 0 unspecified atom stereocenters. The zero-order valence-electron chi connectivity index (χ0n) is 12.5. The molecule has 1 aliphatic rings. The Kier molecular flexibility index (Phi) is 3.87. The molecule has 1 saturated carbocycles. The van der Waals surface area contributed by atoms with Gasteiger partial charge in [0.05, 0.1) is 11.7 Å². The molecule has 2 aromatic heterocycles. The average Bonchev–Trinajstić information content (AvgIpc) is 3.16. The summed E-state index contributed by atoms with van der Waals surface area (Å²) in [7, 11) is 1.37. The highest BCUT2D eigenvalue weighted by molar-refractivity contribution is 6.03. The van der Waals surface area contributed by atoms with Gasteiger partial charge in [0, 0.05) is 19.4 Å². The van der Waals surface area contributed by atoms with E-state index in [1.807, 2.05) is 0 Å². The molecular formula is C14H16F3N5O. The molecule has 1 fully saturated rings. The minimum Gasteiger partial charge on any atom is -0.317 e. The molecule has 0 bridgehead atoms. The molecule has 2 heterocycles. The van der Waals surface area contributed by atoms with Gasteiger partial charge in [-0.15, -0.1) is 0 Å². The van der Waals surface area contributed by atoms with Crippen LogP contribution in [-0.2, 0) is 13.2 Å². The van der Waals surface area contributed by atoms with Crippen molar-refractivity contribution in [2.45, 2.75) is 37.9 Å². The SMILES string of the molecule is Cn1cc(NC(=O)c2ccnn2C2CCCC2)c(C(F)(F)F)n1. The number of nitrogens with one attached hydrogen (secondary N) is 1. The number of nitrogens with zero attached hydrogens (tertiary/aromatic N) is 4. The highest BCUT2D eigenvalue weighted by Gasteiger charge is 2.38. The Bertz CT molecular complexity index is 712. The van der Waals surface area contributed by atoms with Crippen LogP contribution in [-0.4, -0.2) is 25.5 Å². The minimum atomic E-state index is -4.63. The number of carbonyl (C=O) groups excluding carboxylic acids is 1. The Balaban J connectivity index is 1.85. The first-order valence-corrected chi connectivity index (χ1v) is 7.32. The van der Waals surface area contributed by atoms with Crippen LogP contribution in [0.1, 0.15) is 47.9 Å². The van der Waals surface area contributed by atoms with Gasteiger partial charge in [0.1, 0.15) is 5.69 Å². The molecule has 0 aromatic carbocycles. The summed E-state index contributed by atoms with van der Waals surface area (Å²) in [4.78, 5) is 12.4. The Morgan fingerprint density at radius 3 is 2.70 bits per heavy atom. The van der Waals surface area contributed by atoms with Crippen molar-refractivity contribution in [2.24, 2.45) is 7.05 Å². The topological polar surface area (TPSA) is 64.7 Å². The molecule has 1 amide bonds. The first-order valence-electron chi connectivity index (χ1n) is 7.32. The van der Waals surface area contributed by atoms with Gasteiger partial charge in [-0.2, -0.15) is 23.4 Å². The zero-order chi connectivity index (χ0) is 16.6. The van der Waals surface area contributed by atoms with Crippen molar-refractivity contribution in [1.82, 2.24) is 19.6 Å². The number of alkyl halides is 3. The predicted molar refractivity (Wildman–Crippen MR) is 75.9 cm³/mol. The summed E-state index contributed by atoms with van der Waals surface area (Å²) < 4.78 is 41.4. The maximum absolute atomic E-state index is 12.9. The van der Waals surface area contributed by atoms with Crippen molar-refractivity contribution in [2.75, 3.05) is 5.32 Å². The highest BCUT2D eigenvalue weighted by Crippen LogP contribution is 2.34. The standard InChI is InChI=1S/C14H16F3N5O/c1-21-8-10(12(20-21)14(15,16)17)19-13(23)11-6-7-18-22(11)9-4-2-3-5-9/h6-9H,2-5H2,1H3,(H,19,23). The summed E-state index contributed by atoms with van der Waals surface area (Å²) in [6.07, 6.45) is 1.96. The number of aromatic nitrogens is 4. The molecule has 0 aliphatic heterocycles. The molecule has 23 heavy (non-hydrogen) atoms. The Morgan fingerprint density at radius 1 is 1.35 bits per heavy atom. The van der Waals surface area contributed by atoms with Crippen molar-refractivity contribution < 1.29 is 18.0 Å². The Labute approximate surface area is 130 Å². The smallest absolute Gasteiger partial charge is 0.317 e. The number of carbonyl (C=O) groups is 1. The lowest BCUT2D eigenvalue weighted by molar-refractivity contribution is -0.140. The third-order valence-electron chi connectivity index (χ3n) is 3.92. The number of aryl methyl sites for hydroxylation is 1. The third-order valence-corrected chi connectivity index (χ3v) is 3.92. The molecule has 124 valence electrons. The molecule has 3 rings (SSSR count). The van der Waals surface area contributed by atoms with E-state index in [0.29, 0.717) is 0 Å². The summed E-state index contributed by atoms with van der Waals surface area (Å²) in [5.74, 6) is -0.618. The van der Waals surface area contributed by atoms with Gasteiger partial charge in [0.2, 0.25) is 0 Å². The van der Waals surface area contributed by atoms with Crippen molar-refractivity contribution in [3.8, 4) is 0 Å². The van der Waals surface area contributed by atoms with Crippen LogP contribution < -0.4 is 5.32 Å². The number of anilines is 1. The van der Waals surface area contributed by atoms with E-state index in [2.05, 4.69) is 15.5 Å². The summed E-state index contributed by atoms with van der Waals surface area (Å²) in [6, 6.07) is 1.64. The molecule has 6 nitrogen and oxygen atoms in total. The lowest BCUT2D eigenvalue weighted by atomic mass is 10.2. The Morgan fingerprint density at radius 2 is 2.04 bits per heavy atom. The van der Waals surface area contributed by atoms with Gasteiger partial charge in [0.15, 0.2) is 5.69 Å². The highest BCUT2D eigenvalue weighted by atomic mass is 19.4. The summed E-state index contributed by atoms with van der Waals surface area (Å²) in [5.41, 5.74) is -1.21. The van der Waals surface area contributed by atoms with E-state index >= 15 is 0 Å². The summed E-state index contributed by atoms with van der Waals surface area (Å²) >= 11 is 0. The van der Waals surface area contributed by atoms with Crippen LogP contribution >= 0.6 is 0 Å². The van der Waals surface area contributed by atoms with Crippen LogP contribution in [0, 0.1) is 0 Å². The van der Waals surface area contributed by atoms with Crippen molar-refractivity contribution in [3.05, 3.63) is 29.8 Å². The van der Waals surface area contributed by atoms with Crippen LogP contribution in [0.5, 0.6) is 0 Å². The Hall–Kier alpha value is -2.32. The molecular weight excluding hydrogens is 311 g/mol. The predicted octanol–water partition coefficient (Wildman–Crippen LogP) is 3.00. The van der Waals surface area contributed by atoms with Gasteiger partial charge in [-0.05, 0) is 18.9 Å². The maximum atomic E-state index is 12.9. The number of rotatable bonds is 3. The number of hydrogen-bond acceptors (Lipinski definition) is 3. The maximum Gasteiger partial charge on any atom is 0.437 e. The summed E-state index contributed by atoms with van der Waals surface area (Å²) in [6.45, 7) is 0. The second-order valence-electron chi connectivity index (χ2n) is 5.62. The van der Waals surface area contributed by atoms with Gasteiger partial charge in [-0.3, -0.25) is 14.2 Å². The van der Waals surface area contributed by atoms with Gasteiger partial charge in [-0.25, -0.2) is 0 Å². The normalized spacial score (nSPS) is 16.0. The number of amides is 1. The van der Waals surface area contributed by atoms with Crippen LogP contribution in [0.2, 0.25) is 0 Å². The molecule has 0 radical (unpaired) electrons. The van der Waals surface area contributed by atoms with E-state index in [0.717, 1.165) is 36.6 Å². The lowest BCUT2D eigenvalue weighted by Crippen LogP contribution is -2.21. The molecule has 0 atom stereocenters. The molecule has 0 spiro atoms. The molecule has 1 N–H and O–H groups in total. The fourth-order valence-electron chi connectivity index (χ4n) is 2.91. The van der Waals surface area contributed by atoms with E-state index in [1.165, 1.54) is 19.3 Å². The molecule has 0 saturated heterocycles. The number of halogens is 3. The van der Waals surface area contributed by atoms with Crippen LogP contribution in [0.4, 0.5) is 18.9 Å². The molecule has 9 heteroatoms. The summed E-state index contributed by atoms with van der Waals surface area (Å²) in [5, 5.41) is 9.82. The largest absolute Gasteiger partial charge is 0.437 e. The van der Waals surface area contributed by atoms with Gasteiger partial charge < -0.3 is 5.32 Å². The van der Waals surface area contributed by atoms with E-state index in [1.54, 1.807) is 4.68 Å². The van der Waals surface area contributed by atoms with Crippen molar-refractivity contribution in [3.63, 3.8) is 0 Å². The van der Waals surface area contributed by atoms with Gasteiger partial charge in [0.25, 0.3) is 5.91 Å². The molecule has 2 aromatic rings.